The Morgan fingerprint density at radius 3 is 2.65 bits per heavy atom. The molecule has 1 aliphatic rings. The first-order chi connectivity index (χ1) is 12.7. The Kier molecular flexibility index (Phi) is 6.74. The highest BCUT2D eigenvalue weighted by Crippen LogP contribution is 2.17. The maximum absolute atomic E-state index is 11.9. The molecule has 0 atom stereocenters. The van der Waals surface area contributed by atoms with Crippen molar-refractivity contribution in [3.8, 4) is 5.75 Å². The molecule has 0 spiro atoms. The van der Waals surface area contributed by atoms with Crippen molar-refractivity contribution in [1.82, 2.24) is 10.7 Å². The Morgan fingerprint density at radius 1 is 1.19 bits per heavy atom. The first-order valence-electron chi connectivity index (χ1n) is 8.66. The molecule has 1 aromatic heterocycles. The molecular weight excluding hydrogens is 366 g/mol. The van der Waals surface area contributed by atoms with Gasteiger partial charge in [0.1, 0.15) is 10.6 Å². The van der Waals surface area contributed by atoms with E-state index in [0.717, 1.165) is 18.4 Å². The van der Waals surface area contributed by atoms with Gasteiger partial charge in [0.05, 0.1) is 6.21 Å². The van der Waals surface area contributed by atoms with Gasteiger partial charge in [-0.15, -0.1) is 11.3 Å². The Morgan fingerprint density at radius 2 is 1.96 bits per heavy atom. The van der Waals surface area contributed by atoms with Crippen LogP contribution in [0.25, 0.3) is 0 Å². The minimum Gasteiger partial charge on any atom is -0.422 e. The third-order valence-electron chi connectivity index (χ3n) is 4.13. The minimum atomic E-state index is -0.345. The number of carbonyl (C=O) groups excluding carboxylic acids is 1. The van der Waals surface area contributed by atoms with Crippen molar-refractivity contribution in [3.63, 3.8) is 0 Å². The molecule has 26 heavy (non-hydrogen) atoms. The van der Waals surface area contributed by atoms with Crippen LogP contribution in [0.5, 0.6) is 5.75 Å². The summed E-state index contributed by atoms with van der Waals surface area (Å²) in [4.78, 5) is 12.5. The third-order valence-corrected chi connectivity index (χ3v) is 5.19. The Bertz CT molecular complexity index is 752. The van der Waals surface area contributed by atoms with Gasteiger partial charge < -0.3 is 10.1 Å². The molecule has 0 radical (unpaired) electrons. The fourth-order valence-electron chi connectivity index (χ4n) is 2.80. The second-order valence-electron chi connectivity index (χ2n) is 6.11. The Labute approximate surface area is 162 Å². The number of ether oxygens (including phenoxy) is 1. The molecule has 1 saturated carbocycles. The zero-order valence-electron chi connectivity index (χ0n) is 14.3. The van der Waals surface area contributed by atoms with E-state index in [1.807, 2.05) is 23.6 Å². The average molecular weight is 388 g/mol. The van der Waals surface area contributed by atoms with Crippen molar-refractivity contribution in [2.24, 2.45) is 5.10 Å². The van der Waals surface area contributed by atoms with Gasteiger partial charge in [-0.1, -0.05) is 25.3 Å². The highest BCUT2D eigenvalue weighted by molar-refractivity contribution is 7.80. The lowest BCUT2D eigenvalue weighted by Gasteiger charge is -2.23. The van der Waals surface area contributed by atoms with Gasteiger partial charge in [0.25, 0.3) is 0 Å². The molecule has 2 N–H and O–H groups in total. The fraction of sp³-hybridized carbons (Fsp3) is 0.316. The van der Waals surface area contributed by atoms with Crippen LogP contribution in [-0.4, -0.2) is 23.3 Å². The number of thiophene rings is 1. The van der Waals surface area contributed by atoms with Gasteiger partial charge in [-0.25, -0.2) is 4.79 Å². The second-order valence-corrected chi connectivity index (χ2v) is 7.47. The predicted molar refractivity (Wildman–Crippen MR) is 109 cm³/mol. The van der Waals surface area contributed by atoms with Crippen LogP contribution in [0.1, 0.15) is 47.3 Å². The van der Waals surface area contributed by atoms with E-state index < -0.39 is 0 Å². The summed E-state index contributed by atoms with van der Waals surface area (Å²) in [6.07, 6.45) is 7.84. The van der Waals surface area contributed by atoms with E-state index in [1.165, 1.54) is 30.6 Å². The molecule has 0 saturated heterocycles. The molecule has 0 amide bonds. The van der Waals surface area contributed by atoms with Crippen LogP contribution >= 0.6 is 23.6 Å². The van der Waals surface area contributed by atoms with E-state index in [0.29, 0.717) is 21.8 Å². The smallest absolute Gasteiger partial charge is 0.353 e. The topological polar surface area (TPSA) is 62.7 Å². The summed E-state index contributed by atoms with van der Waals surface area (Å²) in [5.74, 6) is 0.158. The van der Waals surface area contributed by atoms with E-state index in [2.05, 4.69) is 15.8 Å². The number of rotatable bonds is 5. The summed E-state index contributed by atoms with van der Waals surface area (Å²) in [6.45, 7) is 0. The molecule has 3 rings (SSSR count). The van der Waals surface area contributed by atoms with Crippen molar-refractivity contribution in [2.45, 2.75) is 38.1 Å². The van der Waals surface area contributed by atoms with E-state index >= 15 is 0 Å². The standard InChI is InChI=1S/C19H21N3O2S2/c23-18(17-7-4-12-26-17)24-16-10-8-14(9-11-16)13-20-22-19(25)21-15-5-2-1-3-6-15/h4,7-13,15H,1-3,5-6H2,(H2,21,22,25). The van der Waals surface area contributed by atoms with Crippen LogP contribution < -0.4 is 15.5 Å². The predicted octanol–water partition coefficient (Wildman–Crippen LogP) is 4.10. The van der Waals surface area contributed by atoms with Crippen LogP contribution in [-0.2, 0) is 0 Å². The van der Waals surface area contributed by atoms with Gasteiger partial charge in [0, 0.05) is 6.04 Å². The lowest BCUT2D eigenvalue weighted by molar-refractivity contribution is 0.0740. The number of benzene rings is 1. The minimum absolute atomic E-state index is 0.345. The SMILES string of the molecule is O=C(Oc1ccc(C=NNC(=S)NC2CCCCC2)cc1)c1cccs1. The molecule has 2 aromatic rings. The quantitative estimate of drug-likeness (QED) is 0.266. The average Bonchev–Trinajstić information content (AvgIpc) is 3.19. The zero-order chi connectivity index (χ0) is 18.2. The maximum atomic E-state index is 11.9. The fourth-order valence-corrected chi connectivity index (χ4v) is 3.62. The first kappa shape index (κ1) is 18.5. The number of thiocarbonyl (C=S) groups is 1. The molecule has 0 bridgehead atoms. The summed E-state index contributed by atoms with van der Waals surface area (Å²) in [7, 11) is 0. The zero-order valence-corrected chi connectivity index (χ0v) is 15.9. The molecule has 1 heterocycles. The molecule has 1 aliphatic carbocycles. The number of nitrogens with zero attached hydrogens (tertiary/aromatic N) is 1. The van der Waals surface area contributed by atoms with Crippen LogP contribution in [0.3, 0.4) is 0 Å². The van der Waals surface area contributed by atoms with Gasteiger partial charge in [-0.2, -0.15) is 5.10 Å². The van der Waals surface area contributed by atoms with E-state index in [1.54, 1.807) is 24.4 Å². The highest BCUT2D eigenvalue weighted by atomic mass is 32.1. The van der Waals surface area contributed by atoms with Crippen molar-refractivity contribution in [3.05, 3.63) is 52.2 Å². The third kappa shape index (κ3) is 5.64. The summed E-state index contributed by atoms with van der Waals surface area (Å²) in [5, 5.41) is 9.85. The molecule has 136 valence electrons. The largest absolute Gasteiger partial charge is 0.422 e. The molecule has 1 fully saturated rings. The molecule has 0 unspecified atom stereocenters. The summed E-state index contributed by atoms with van der Waals surface area (Å²) in [6, 6.07) is 11.2. The highest BCUT2D eigenvalue weighted by Gasteiger charge is 2.13. The first-order valence-corrected chi connectivity index (χ1v) is 9.95. The number of hydrogen-bond acceptors (Lipinski definition) is 5. The number of carbonyl (C=O) groups is 1. The Balaban J connectivity index is 1.45. The second kappa shape index (κ2) is 9.45. The molecular formula is C19H21N3O2S2. The number of hydrazone groups is 1. The van der Waals surface area contributed by atoms with Gasteiger partial charge in [0.2, 0.25) is 0 Å². The van der Waals surface area contributed by atoms with Crippen LogP contribution in [0.2, 0.25) is 0 Å². The van der Waals surface area contributed by atoms with E-state index in [9.17, 15) is 4.79 Å². The van der Waals surface area contributed by atoms with Gasteiger partial charge in [-0.05, 0) is 66.3 Å². The number of esters is 1. The molecule has 0 aliphatic heterocycles. The van der Waals surface area contributed by atoms with E-state index in [4.69, 9.17) is 17.0 Å². The van der Waals surface area contributed by atoms with E-state index in [-0.39, 0.29) is 5.97 Å². The van der Waals surface area contributed by atoms with Gasteiger partial charge >= 0.3 is 5.97 Å². The summed E-state index contributed by atoms with van der Waals surface area (Å²) in [5.41, 5.74) is 3.73. The van der Waals surface area contributed by atoms with Gasteiger partial charge in [-0.3, -0.25) is 5.43 Å². The molecule has 5 nitrogen and oxygen atoms in total. The summed E-state index contributed by atoms with van der Waals surface area (Å²) < 4.78 is 5.32. The molecule has 1 aromatic carbocycles. The lowest BCUT2D eigenvalue weighted by atomic mass is 9.96. The van der Waals surface area contributed by atoms with Crippen molar-refractivity contribution < 1.29 is 9.53 Å². The maximum Gasteiger partial charge on any atom is 0.353 e. The van der Waals surface area contributed by atoms with Crippen molar-refractivity contribution in [1.29, 1.82) is 0 Å². The normalized spacial score (nSPS) is 14.9. The van der Waals surface area contributed by atoms with Crippen LogP contribution in [0, 0.1) is 0 Å². The van der Waals surface area contributed by atoms with Crippen molar-refractivity contribution in [2.75, 3.05) is 0 Å². The summed E-state index contributed by atoms with van der Waals surface area (Å²) >= 11 is 6.62. The van der Waals surface area contributed by atoms with Crippen LogP contribution in [0.15, 0.2) is 46.9 Å². The van der Waals surface area contributed by atoms with Gasteiger partial charge in [0.15, 0.2) is 5.11 Å². The Hall–Kier alpha value is -2.25. The van der Waals surface area contributed by atoms with Crippen molar-refractivity contribution >= 4 is 40.9 Å². The monoisotopic (exact) mass is 387 g/mol. The molecule has 7 heteroatoms. The lowest BCUT2D eigenvalue weighted by Crippen LogP contribution is -2.40. The van der Waals surface area contributed by atoms with Crippen LogP contribution in [0.4, 0.5) is 0 Å². The number of hydrogen-bond donors (Lipinski definition) is 2. The number of nitrogens with one attached hydrogen (secondary N) is 2.